The number of hydrogen-bond acceptors (Lipinski definition) is 4. The van der Waals surface area contributed by atoms with Crippen LogP contribution in [0.15, 0.2) is 0 Å². The van der Waals surface area contributed by atoms with E-state index in [9.17, 15) is 4.79 Å². The number of hydrogen-bond donors (Lipinski definition) is 2. The summed E-state index contributed by atoms with van der Waals surface area (Å²) >= 11 is 0. The Labute approximate surface area is 103 Å². The highest BCUT2D eigenvalue weighted by molar-refractivity contribution is 5.78. The third-order valence-electron chi connectivity index (χ3n) is 3.06. The van der Waals surface area contributed by atoms with E-state index in [1.165, 1.54) is 12.8 Å². The first-order valence-corrected chi connectivity index (χ1v) is 6.28. The number of amides is 1. The van der Waals surface area contributed by atoms with Crippen molar-refractivity contribution in [2.45, 2.75) is 37.8 Å². The maximum Gasteiger partial charge on any atom is 0.234 e. The van der Waals surface area contributed by atoms with E-state index in [1.807, 2.05) is 0 Å². The lowest BCUT2D eigenvalue weighted by molar-refractivity contribution is -0.121. The number of carbonyl (C=O) groups is 1. The third-order valence-corrected chi connectivity index (χ3v) is 3.06. The average Bonchev–Trinajstić information content (AvgIpc) is 2.80. The van der Waals surface area contributed by atoms with E-state index in [4.69, 9.17) is 9.47 Å². The Kier molecular flexibility index (Phi) is 7.16. The Morgan fingerprint density at radius 2 is 2.06 bits per heavy atom. The molecule has 0 saturated heterocycles. The Morgan fingerprint density at radius 1 is 1.35 bits per heavy atom. The van der Waals surface area contributed by atoms with Crippen molar-refractivity contribution in [3.05, 3.63) is 0 Å². The molecular formula is C12H24N2O3. The summed E-state index contributed by atoms with van der Waals surface area (Å²) in [6.07, 6.45) is 4.71. The largest absolute Gasteiger partial charge is 0.382 e. The summed E-state index contributed by atoms with van der Waals surface area (Å²) in [6.45, 7) is 1.51. The molecule has 5 heteroatoms. The first kappa shape index (κ1) is 14.4. The van der Waals surface area contributed by atoms with Gasteiger partial charge in [-0.1, -0.05) is 12.8 Å². The Balaban J connectivity index is 2.06. The topological polar surface area (TPSA) is 59.6 Å². The minimum absolute atomic E-state index is 0.000666. The highest BCUT2D eigenvalue weighted by Gasteiger charge is 2.16. The van der Waals surface area contributed by atoms with E-state index in [0.29, 0.717) is 25.7 Å². The molecule has 5 nitrogen and oxygen atoms in total. The van der Waals surface area contributed by atoms with Crippen LogP contribution < -0.4 is 10.6 Å². The van der Waals surface area contributed by atoms with Crippen LogP contribution in [0.4, 0.5) is 0 Å². The molecule has 1 unspecified atom stereocenters. The molecule has 0 aromatic carbocycles. The molecule has 1 amide bonds. The maximum atomic E-state index is 11.6. The van der Waals surface area contributed by atoms with Crippen LogP contribution in [0, 0.1) is 0 Å². The van der Waals surface area contributed by atoms with Crippen LogP contribution in [0.2, 0.25) is 0 Å². The van der Waals surface area contributed by atoms with Gasteiger partial charge in [0.2, 0.25) is 5.91 Å². The molecule has 17 heavy (non-hydrogen) atoms. The Hall–Kier alpha value is -0.650. The van der Waals surface area contributed by atoms with Crippen LogP contribution in [-0.4, -0.2) is 52.0 Å². The van der Waals surface area contributed by atoms with Crippen LogP contribution in [0.1, 0.15) is 25.7 Å². The van der Waals surface area contributed by atoms with Gasteiger partial charge in [-0.25, -0.2) is 0 Å². The van der Waals surface area contributed by atoms with Crippen molar-refractivity contribution in [1.29, 1.82) is 0 Å². The normalized spacial score (nSPS) is 18.2. The summed E-state index contributed by atoms with van der Waals surface area (Å²) in [4.78, 5) is 11.6. The molecule has 1 aliphatic rings. The fourth-order valence-electron chi connectivity index (χ4n) is 2.09. The molecular weight excluding hydrogens is 220 g/mol. The SMILES string of the molecule is COCC(CNCC(=O)NC1CCCC1)OC. The van der Waals surface area contributed by atoms with Crippen LogP contribution >= 0.6 is 0 Å². The second kappa shape index (κ2) is 8.44. The van der Waals surface area contributed by atoms with Crippen LogP contribution in [0.3, 0.4) is 0 Å². The van der Waals surface area contributed by atoms with Gasteiger partial charge in [0.05, 0.1) is 19.3 Å². The van der Waals surface area contributed by atoms with E-state index in [2.05, 4.69) is 10.6 Å². The minimum Gasteiger partial charge on any atom is -0.382 e. The van der Waals surface area contributed by atoms with Gasteiger partial charge in [-0.3, -0.25) is 4.79 Å². The molecule has 0 radical (unpaired) electrons. The van der Waals surface area contributed by atoms with Crippen LogP contribution in [0.5, 0.6) is 0 Å². The third kappa shape index (κ3) is 6.00. The molecule has 0 aromatic rings. The average molecular weight is 244 g/mol. The summed E-state index contributed by atoms with van der Waals surface area (Å²) in [7, 11) is 3.28. The fourth-order valence-corrected chi connectivity index (χ4v) is 2.09. The van der Waals surface area contributed by atoms with E-state index in [1.54, 1.807) is 14.2 Å². The zero-order valence-electron chi connectivity index (χ0n) is 10.8. The molecule has 2 N–H and O–H groups in total. The number of ether oxygens (including phenoxy) is 2. The molecule has 1 rings (SSSR count). The summed E-state index contributed by atoms with van der Waals surface area (Å²) in [5, 5.41) is 6.11. The standard InChI is InChI=1S/C12H24N2O3/c1-16-9-11(17-2)7-13-8-12(15)14-10-5-3-4-6-10/h10-11,13H,3-9H2,1-2H3,(H,14,15). The van der Waals surface area contributed by atoms with E-state index in [-0.39, 0.29) is 12.0 Å². The van der Waals surface area contributed by atoms with Crippen molar-refractivity contribution in [2.75, 3.05) is 33.9 Å². The zero-order valence-corrected chi connectivity index (χ0v) is 10.8. The van der Waals surface area contributed by atoms with Gasteiger partial charge in [0.25, 0.3) is 0 Å². The number of methoxy groups -OCH3 is 2. The van der Waals surface area contributed by atoms with Gasteiger partial charge in [0, 0.05) is 26.8 Å². The van der Waals surface area contributed by atoms with Gasteiger partial charge in [-0.05, 0) is 12.8 Å². The Bertz CT molecular complexity index is 218. The molecule has 1 aliphatic carbocycles. The van der Waals surface area contributed by atoms with E-state index < -0.39 is 0 Å². The predicted octanol–water partition coefficient (Wildman–Crippen LogP) is 0.296. The molecule has 1 atom stereocenters. The number of carbonyl (C=O) groups excluding carboxylic acids is 1. The Morgan fingerprint density at radius 3 is 2.65 bits per heavy atom. The molecule has 0 aliphatic heterocycles. The maximum absolute atomic E-state index is 11.6. The predicted molar refractivity (Wildman–Crippen MR) is 65.9 cm³/mol. The quantitative estimate of drug-likeness (QED) is 0.644. The highest BCUT2D eigenvalue weighted by Crippen LogP contribution is 2.17. The van der Waals surface area contributed by atoms with Crippen molar-refractivity contribution in [3.8, 4) is 0 Å². The van der Waals surface area contributed by atoms with E-state index in [0.717, 1.165) is 12.8 Å². The summed E-state index contributed by atoms with van der Waals surface area (Å²) in [5.41, 5.74) is 0. The number of rotatable bonds is 8. The molecule has 0 bridgehead atoms. The first-order valence-electron chi connectivity index (χ1n) is 6.28. The van der Waals surface area contributed by atoms with Gasteiger partial charge < -0.3 is 20.1 Å². The van der Waals surface area contributed by atoms with Crippen LogP contribution in [0.25, 0.3) is 0 Å². The molecule has 0 spiro atoms. The molecule has 1 saturated carbocycles. The van der Waals surface area contributed by atoms with Gasteiger partial charge in [0.1, 0.15) is 0 Å². The highest BCUT2D eigenvalue weighted by atomic mass is 16.5. The lowest BCUT2D eigenvalue weighted by Crippen LogP contribution is -2.42. The molecule has 1 fully saturated rings. The van der Waals surface area contributed by atoms with Crippen molar-refractivity contribution >= 4 is 5.91 Å². The van der Waals surface area contributed by atoms with Gasteiger partial charge in [0.15, 0.2) is 0 Å². The van der Waals surface area contributed by atoms with Crippen LogP contribution in [-0.2, 0) is 14.3 Å². The van der Waals surface area contributed by atoms with Crippen molar-refractivity contribution in [1.82, 2.24) is 10.6 Å². The zero-order chi connectivity index (χ0) is 12.5. The van der Waals surface area contributed by atoms with Crippen molar-refractivity contribution < 1.29 is 14.3 Å². The summed E-state index contributed by atoms with van der Waals surface area (Å²) < 4.78 is 10.2. The summed E-state index contributed by atoms with van der Waals surface area (Å²) in [5.74, 6) is 0.0733. The van der Waals surface area contributed by atoms with Gasteiger partial charge in [-0.2, -0.15) is 0 Å². The monoisotopic (exact) mass is 244 g/mol. The van der Waals surface area contributed by atoms with Crippen molar-refractivity contribution in [3.63, 3.8) is 0 Å². The van der Waals surface area contributed by atoms with Gasteiger partial charge >= 0.3 is 0 Å². The summed E-state index contributed by atoms with van der Waals surface area (Å²) in [6, 6.07) is 0.390. The first-order chi connectivity index (χ1) is 8.26. The number of nitrogens with one attached hydrogen (secondary N) is 2. The molecule has 0 aromatic heterocycles. The second-order valence-corrected chi connectivity index (χ2v) is 4.49. The fraction of sp³-hybridized carbons (Fsp3) is 0.917. The van der Waals surface area contributed by atoms with Gasteiger partial charge in [-0.15, -0.1) is 0 Å². The lowest BCUT2D eigenvalue weighted by atomic mass is 10.2. The molecule has 0 heterocycles. The smallest absolute Gasteiger partial charge is 0.234 e. The lowest BCUT2D eigenvalue weighted by Gasteiger charge is -2.16. The van der Waals surface area contributed by atoms with Crippen molar-refractivity contribution in [2.24, 2.45) is 0 Å². The van der Waals surface area contributed by atoms with E-state index >= 15 is 0 Å². The molecule has 100 valence electrons. The second-order valence-electron chi connectivity index (χ2n) is 4.49. The minimum atomic E-state index is -0.000666.